The molecule has 11 rings (SSSR count). The van der Waals surface area contributed by atoms with Crippen LogP contribution in [0.5, 0.6) is 0 Å². The third kappa shape index (κ3) is 0.0463. The molecule has 0 aromatic rings. The Bertz CT molecular complexity index is 960. The van der Waals surface area contributed by atoms with E-state index in [2.05, 4.69) is 18.2 Å². The normalized spacial score (nSPS) is 130. The third-order valence-electron chi connectivity index (χ3n) is 15.9. The van der Waals surface area contributed by atoms with Crippen molar-refractivity contribution in [3.05, 3.63) is 23.8 Å². The van der Waals surface area contributed by atoms with Gasteiger partial charge in [0.25, 0.3) is 0 Å². The fourth-order valence-electron chi connectivity index (χ4n) is 17.8. The van der Waals surface area contributed by atoms with Gasteiger partial charge < -0.3 is 0 Å². The molecule has 10 heterocycles. The first kappa shape index (κ1) is 5.33. The summed E-state index contributed by atoms with van der Waals surface area (Å²) in [6.45, 7) is -2.73. The molecule has 0 aromatic heterocycles. The van der Waals surface area contributed by atoms with Gasteiger partial charge in [-0.25, -0.2) is 0 Å². The SMILES string of the molecule is C1=CCC([C]23[CH]4[CH]5[CH]6[CH]2[Fe]56432789[CH]3[CH]2[CH]7[CH]8[CH]39)=C1. The Kier molecular flexibility index (Phi) is 0.135. The summed E-state index contributed by atoms with van der Waals surface area (Å²) in [4.78, 5) is 13.5. The molecule has 4 atom stereocenters. The van der Waals surface area contributed by atoms with E-state index in [9.17, 15) is 0 Å². The van der Waals surface area contributed by atoms with Gasteiger partial charge in [0.05, 0.1) is 0 Å². The zero-order valence-corrected chi connectivity index (χ0v) is 10.1. The average molecular weight is 250 g/mol. The molecule has 10 fully saturated rings. The molecule has 0 aromatic carbocycles. The summed E-state index contributed by atoms with van der Waals surface area (Å²) >= 11 is 0. The van der Waals surface area contributed by atoms with Gasteiger partial charge >= 0.3 is 84.4 Å². The Morgan fingerprint density at radius 1 is 0.938 bits per heavy atom. The van der Waals surface area contributed by atoms with Crippen molar-refractivity contribution in [2.75, 3.05) is 0 Å². The van der Waals surface area contributed by atoms with Gasteiger partial charge in [0.15, 0.2) is 0 Å². The fourth-order valence-corrected chi connectivity index (χ4v) is 92.3. The fraction of sp³-hybridized carbons (Fsp3) is 0.733. The second kappa shape index (κ2) is 0.407. The van der Waals surface area contributed by atoms with Crippen LogP contribution < -0.4 is 0 Å². The van der Waals surface area contributed by atoms with Crippen LogP contribution in [0, 0.1) is 0 Å². The van der Waals surface area contributed by atoms with Gasteiger partial charge in [0.1, 0.15) is 0 Å². The minimum atomic E-state index is -2.73. The second-order valence-electron chi connectivity index (χ2n) is 11.0. The molecule has 0 nitrogen and oxygen atoms in total. The van der Waals surface area contributed by atoms with Crippen LogP contribution in [0.1, 0.15) is 6.42 Å². The molecule has 1 aliphatic carbocycles. The average Bonchev–Trinajstić information content (AvgIpc) is 3.20. The van der Waals surface area contributed by atoms with E-state index in [0.717, 1.165) is 4.31 Å². The number of hydrogen-bond donors (Lipinski definition) is 0. The Labute approximate surface area is 84.4 Å². The van der Waals surface area contributed by atoms with Crippen LogP contribution >= 0.6 is 0 Å². The van der Waals surface area contributed by atoms with E-state index in [-0.39, 0.29) is 0 Å². The monoisotopic (exact) mass is 250 g/mol. The first-order chi connectivity index (χ1) is 7.65. The van der Waals surface area contributed by atoms with Crippen molar-refractivity contribution in [3.8, 4) is 0 Å². The number of allylic oxidation sites excluding steroid dienone is 4. The van der Waals surface area contributed by atoms with Crippen molar-refractivity contribution in [1.29, 1.82) is 0 Å². The maximum atomic E-state index is 2.60. The molecule has 10 saturated heterocycles. The predicted octanol–water partition coefficient (Wildman–Crippen LogP) is 4.63. The summed E-state index contributed by atoms with van der Waals surface area (Å²) in [6, 6.07) is 0. The molecular formula is C15H14Fe. The Balaban J connectivity index is 1.69. The van der Waals surface area contributed by atoms with Crippen molar-refractivity contribution in [2.24, 2.45) is 0 Å². The van der Waals surface area contributed by atoms with Gasteiger partial charge in [0.2, 0.25) is 0 Å². The predicted molar refractivity (Wildman–Crippen MR) is 58.3 cm³/mol. The van der Waals surface area contributed by atoms with Gasteiger partial charge in [-0.05, 0) is 0 Å². The van der Waals surface area contributed by atoms with Crippen LogP contribution in [-0.4, -0.2) is 0 Å². The van der Waals surface area contributed by atoms with E-state index in [1.807, 2.05) is 5.57 Å². The van der Waals surface area contributed by atoms with Gasteiger partial charge in [-0.15, -0.1) is 0 Å². The molecule has 82 valence electrons. The number of rotatable bonds is 1. The summed E-state index contributed by atoms with van der Waals surface area (Å²) in [5, 5.41) is 0. The standard InChI is InChI=1S/C10H9.C5H5.Fe/c1-2-6-9(5-1)10-7-3-4-8-10;1-2-4-5-3-1;/h1-7H,8H2;1-5H;. The Morgan fingerprint density at radius 3 is 1.88 bits per heavy atom. The first-order valence-electron chi connectivity index (χ1n) is 7.23. The van der Waals surface area contributed by atoms with Crippen LogP contribution in [0.4, 0.5) is 0 Å². The van der Waals surface area contributed by atoms with Gasteiger partial charge in [-0.3, -0.25) is 0 Å². The summed E-state index contributed by atoms with van der Waals surface area (Å²) in [6.07, 6.45) is 8.84. The molecule has 0 amide bonds. The Morgan fingerprint density at radius 2 is 1.56 bits per heavy atom. The summed E-state index contributed by atoms with van der Waals surface area (Å²) in [5.74, 6) is 0. The van der Waals surface area contributed by atoms with Crippen molar-refractivity contribution >= 4 is 0 Å². The van der Waals surface area contributed by atoms with Crippen molar-refractivity contribution in [2.45, 2.75) is 54.1 Å². The molecule has 10 aliphatic heterocycles. The second-order valence-corrected chi connectivity index (χ2v) is 34.6. The van der Waals surface area contributed by atoms with E-state index in [1.165, 1.54) is 49.8 Å². The van der Waals surface area contributed by atoms with Crippen molar-refractivity contribution < 1.29 is 6.51 Å². The van der Waals surface area contributed by atoms with Crippen LogP contribution in [-0.2, 0) is 6.51 Å². The van der Waals surface area contributed by atoms with Crippen LogP contribution in [0.25, 0.3) is 0 Å². The summed E-state index contributed by atoms with van der Waals surface area (Å²) < 4.78 is 1.07. The molecule has 0 bridgehead atoms. The summed E-state index contributed by atoms with van der Waals surface area (Å²) in [5.41, 5.74) is 2.03. The quantitative estimate of drug-likeness (QED) is 0.595. The van der Waals surface area contributed by atoms with Gasteiger partial charge in [-0.1, -0.05) is 0 Å². The maximum absolute atomic E-state index is 2.73. The molecular weight excluding hydrogens is 236 g/mol. The van der Waals surface area contributed by atoms with Crippen molar-refractivity contribution in [3.63, 3.8) is 0 Å². The van der Waals surface area contributed by atoms with E-state index in [0.29, 0.717) is 0 Å². The minimum absolute atomic E-state index is 1.07. The van der Waals surface area contributed by atoms with Gasteiger partial charge in [0, 0.05) is 0 Å². The number of hydrogen-bond acceptors (Lipinski definition) is 0. The Hall–Kier alpha value is -0.000519. The zero-order valence-electron chi connectivity index (χ0n) is 8.99. The van der Waals surface area contributed by atoms with Crippen LogP contribution in [0.15, 0.2) is 23.8 Å². The molecule has 1 heteroatoms. The summed E-state index contributed by atoms with van der Waals surface area (Å²) in [7, 11) is 0. The molecule has 16 heavy (non-hydrogen) atoms. The molecule has 0 radical (unpaired) electrons. The van der Waals surface area contributed by atoms with Gasteiger partial charge in [-0.2, -0.15) is 0 Å². The van der Waals surface area contributed by atoms with Crippen molar-refractivity contribution in [1.82, 2.24) is 0 Å². The van der Waals surface area contributed by atoms with E-state index >= 15 is 0 Å². The third-order valence-corrected chi connectivity index (χ3v) is 58.3. The van der Waals surface area contributed by atoms with E-state index in [4.69, 9.17) is 0 Å². The molecule has 0 N–H and O–H groups in total. The molecule has 1 spiro atoms. The van der Waals surface area contributed by atoms with E-state index in [1.54, 1.807) is 0 Å². The molecule has 0 saturated carbocycles. The van der Waals surface area contributed by atoms with Crippen LogP contribution in [0.2, 0.25) is 47.7 Å². The first-order valence-corrected chi connectivity index (χ1v) is 13.5. The zero-order chi connectivity index (χ0) is 9.42. The topological polar surface area (TPSA) is 0 Å². The molecule has 11 aliphatic rings. The molecule has 4 unspecified atom stereocenters. The van der Waals surface area contributed by atoms with Crippen LogP contribution in [0.3, 0.4) is 0 Å². The van der Waals surface area contributed by atoms with E-state index < -0.39 is 6.51 Å². The number of fused-ring (bicyclic) bond motifs is 10.